The number of hydrogen-bond donors (Lipinski definition) is 2. The molecule has 1 aromatic carbocycles. The van der Waals surface area contributed by atoms with Crippen molar-refractivity contribution in [2.45, 2.75) is 18.9 Å². The first-order valence-corrected chi connectivity index (χ1v) is 7.81. The van der Waals surface area contributed by atoms with Crippen LogP contribution in [0.3, 0.4) is 0 Å². The van der Waals surface area contributed by atoms with E-state index in [0.717, 1.165) is 31.0 Å². The lowest BCUT2D eigenvalue weighted by Gasteiger charge is -2.15. The van der Waals surface area contributed by atoms with Crippen molar-refractivity contribution in [3.63, 3.8) is 0 Å². The van der Waals surface area contributed by atoms with E-state index in [4.69, 9.17) is 26.2 Å². The molecule has 1 amide bonds. The maximum Gasteiger partial charge on any atom is 0.290 e. The van der Waals surface area contributed by atoms with Crippen molar-refractivity contribution in [2.75, 3.05) is 33.3 Å². The van der Waals surface area contributed by atoms with Gasteiger partial charge in [-0.25, -0.2) is 0 Å². The van der Waals surface area contributed by atoms with E-state index in [-0.39, 0.29) is 18.5 Å². The van der Waals surface area contributed by atoms with Crippen LogP contribution in [0.15, 0.2) is 24.3 Å². The molecule has 2 N–H and O–H groups in total. The Kier molecular flexibility index (Phi) is 9.28. The summed E-state index contributed by atoms with van der Waals surface area (Å²) in [4.78, 5) is 22.3. The Balaban J connectivity index is 0.000000816. The maximum absolute atomic E-state index is 11.8. The Labute approximate surface area is 141 Å². The largest absolute Gasteiger partial charge is 0.483 e. The Morgan fingerprint density at radius 3 is 2.70 bits per heavy atom. The minimum atomic E-state index is -0.250. The summed E-state index contributed by atoms with van der Waals surface area (Å²) < 4.78 is 5.29. The van der Waals surface area contributed by atoms with Crippen LogP contribution in [0.25, 0.3) is 0 Å². The predicted octanol–water partition coefficient (Wildman–Crippen LogP) is 1.42. The number of carbonyl (C=O) groups is 2. The van der Waals surface area contributed by atoms with Crippen LogP contribution in [0.5, 0.6) is 0 Å². The van der Waals surface area contributed by atoms with Crippen LogP contribution in [0.1, 0.15) is 12.0 Å². The van der Waals surface area contributed by atoms with Crippen molar-refractivity contribution in [3.05, 3.63) is 34.9 Å². The highest BCUT2D eigenvalue weighted by atomic mass is 35.5. The van der Waals surface area contributed by atoms with Gasteiger partial charge in [0.1, 0.15) is 0 Å². The average molecular weight is 343 g/mol. The van der Waals surface area contributed by atoms with E-state index < -0.39 is 0 Å². The lowest BCUT2D eigenvalue weighted by molar-refractivity contribution is -0.123. The third-order valence-corrected chi connectivity index (χ3v) is 3.83. The number of nitrogens with zero attached hydrogens (tertiary/aromatic N) is 1. The summed E-state index contributed by atoms with van der Waals surface area (Å²) in [6.45, 7) is 2.65. The summed E-state index contributed by atoms with van der Waals surface area (Å²) in [6, 6.07) is 7.71. The van der Waals surface area contributed by atoms with Crippen LogP contribution in [0.2, 0.25) is 5.02 Å². The van der Waals surface area contributed by atoms with Crippen LogP contribution in [-0.4, -0.2) is 61.8 Å². The zero-order chi connectivity index (χ0) is 17.1. The standard InChI is InChI=1S/C15H21ClN2O2.CH2O2/c1-20-14-7-9-18(10-14)11-15(19)17-8-6-12-2-4-13(16)5-3-12;2-1-3/h2-5,14H,6-11H2,1H3,(H,17,19);1H,(H,2,3). The zero-order valence-corrected chi connectivity index (χ0v) is 14.0. The molecule has 0 aromatic heterocycles. The molecule has 1 heterocycles. The minimum absolute atomic E-state index is 0.0794. The van der Waals surface area contributed by atoms with Crippen LogP contribution < -0.4 is 5.32 Å². The van der Waals surface area contributed by atoms with E-state index in [9.17, 15) is 4.79 Å². The van der Waals surface area contributed by atoms with Crippen molar-refractivity contribution in [1.82, 2.24) is 10.2 Å². The summed E-state index contributed by atoms with van der Waals surface area (Å²) in [5, 5.41) is 10.6. The number of ether oxygens (including phenoxy) is 1. The highest BCUT2D eigenvalue weighted by molar-refractivity contribution is 6.30. The molecule has 1 aliphatic heterocycles. The molecule has 0 bridgehead atoms. The van der Waals surface area contributed by atoms with Crippen molar-refractivity contribution in [2.24, 2.45) is 0 Å². The third kappa shape index (κ3) is 7.97. The first kappa shape index (κ1) is 19.4. The van der Waals surface area contributed by atoms with Crippen LogP contribution in [-0.2, 0) is 20.7 Å². The fourth-order valence-electron chi connectivity index (χ4n) is 2.39. The Hall–Kier alpha value is -1.63. The summed E-state index contributed by atoms with van der Waals surface area (Å²) in [5.41, 5.74) is 1.18. The first-order valence-electron chi connectivity index (χ1n) is 7.43. The molecule has 7 heteroatoms. The monoisotopic (exact) mass is 342 g/mol. The quantitative estimate of drug-likeness (QED) is 0.764. The highest BCUT2D eigenvalue weighted by Crippen LogP contribution is 2.11. The van der Waals surface area contributed by atoms with Gasteiger partial charge in [0.2, 0.25) is 5.91 Å². The maximum atomic E-state index is 11.8. The molecule has 2 rings (SSSR count). The van der Waals surface area contributed by atoms with Gasteiger partial charge in [0.25, 0.3) is 6.47 Å². The number of nitrogens with one attached hydrogen (secondary N) is 1. The normalized spacial score (nSPS) is 17.2. The molecule has 1 atom stereocenters. The zero-order valence-electron chi connectivity index (χ0n) is 13.2. The fourth-order valence-corrected chi connectivity index (χ4v) is 2.52. The van der Waals surface area contributed by atoms with Gasteiger partial charge >= 0.3 is 0 Å². The number of hydrogen-bond acceptors (Lipinski definition) is 4. The molecule has 1 saturated heterocycles. The van der Waals surface area contributed by atoms with Crippen molar-refractivity contribution in [3.8, 4) is 0 Å². The topological polar surface area (TPSA) is 78.9 Å². The second-order valence-corrected chi connectivity index (χ2v) is 5.65. The smallest absolute Gasteiger partial charge is 0.290 e. The van der Waals surface area contributed by atoms with E-state index in [2.05, 4.69) is 10.2 Å². The van der Waals surface area contributed by atoms with Gasteiger partial charge in [0.15, 0.2) is 0 Å². The molecule has 0 saturated carbocycles. The van der Waals surface area contributed by atoms with Gasteiger partial charge in [-0.2, -0.15) is 0 Å². The van der Waals surface area contributed by atoms with E-state index in [0.29, 0.717) is 13.1 Å². The van der Waals surface area contributed by atoms with Gasteiger partial charge in [-0.05, 0) is 30.5 Å². The number of carbonyl (C=O) groups excluding carboxylic acids is 1. The van der Waals surface area contributed by atoms with E-state index >= 15 is 0 Å². The predicted molar refractivity (Wildman–Crippen MR) is 88.7 cm³/mol. The van der Waals surface area contributed by atoms with Crippen molar-refractivity contribution >= 4 is 24.0 Å². The molecule has 1 aromatic rings. The van der Waals surface area contributed by atoms with Gasteiger partial charge < -0.3 is 15.2 Å². The molecule has 0 spiro atoms. The Morgan fingerprint density at radius 1 is 1.48 bits per heavy atom. The Morgan fingerprint density at radius 2 is 2.13 bits per heavy atom. The average Bonchev–Trinajstić information content (AvgIpc) is 2.97. The number of amides is 1. The van der Waals surface area contributed by atoms with Gasteiger partial charge in [-0.15, -0.1) is 0 Å². The van der Waals surface area contributed by atoms with Crippen LogP contribution in [0, 0.1) is 0 Å². The number of likely N-dealkylation sites (tertiary alicyclic amines) is 1. The lowest BCUT2D eigenvalue weighted by Crippen LogP contribution is -2.37. The summed E-state index contributed by atoms with van der Waals surface area (Å²) in [5.74, 6) is 0.0794. The van der Waals surface area contributed by atoms with Crippen LogP contribution >= 0.6 is 11.6 Å². The SMILES string of the molecule is COC1CCN(CC(=O)NCCc2ccc(Cl)cc2)C1.O=CO. The van der Waals surface area contributed by atoms with E-state index in [1.807, 2.05) is 24.3 Å². The van der Waals surface area contributed by atoms with Gasteiger partial charge in [-0.3, -0.25) is 14.5 Å². The molecule has 128 valence electrons. The Bertz CT molecular complexity index is 481. The first-order chi connectivity index (χ1) is 11.1. The van der Waals surface area contributed by atoms with Gasteiger partial charge in [0, 0.05) is 31.8 Å². The molecule has 0 radical (unpaired) electrons. The second kappa shape index (κ2) is 11.0. The lowest BCUT2D eigenvalue weighted by atomic mass is 10.1. The number of methoxy groups -OCH3 is 1. The highest BCUT2D eigenvalue weighted by Gasteiger charge is 2.23. The summed E-state index contributed by atoms with van der Waals surface area (Å²) in [7, 11) is 1.72. The van der Waals surface area contributed by atoms with Gasteiger partial charge in [0.05, 0.1) is 12.6 Å². The van der Waals surface area contributed by atoms with Crippen molar-refractivity contribution < 1.29 is 19.4 Å². The second-order valence-electron chi connectivity index (χ2n) is 5.21. The molecule has 1 unspecified atom stereocenters. The minimum Gasteiger partial charge on any atom is -0.483 e. The molecule has 23 heavy (non-hydrogen) atoms. The molecular formula is C16H23ClN2O4. The van der Waals surface area contributed by atoms with Crippen LogP contribution in [0.4, 0.5) is 0 Å². The summed E-state index contributed by atoms with van der Waals surface area (Å²) >= 11 is 5.83. The summed E-state index contributed by atoms with van der Waals surface area (Å²) in [6.07, 6.45) is 2.11. The number of benzene rings is 1. The fraction of sp³-hybridized carbons (Fsp3) is 0.500. The number of rotatable bonds is 6. The van der Waals surface area contributed by atoms with E-state index in [1.54, 1.807) is 7.11 Å². The number of halogens is 1. The molecule has 6 nitrogen and oxygen atoms in total. The molecule has 0 aliphatic carbocycles. The van der Waals surface area contributed by atoms with Crippen molar-refractivity contribution in [1.29, 1.82) is 0 Å². The molecule has 1 aliphatic rings. The number of carboxylic acid groups (broad SMARTS) is 1. The van der Waals surface area contributed by atoms with Gasteiger partial charge in [-0.1, -0.05) is 23.7 Å². The third-order valence-electron chi connectivity index (χ3n) is 3.58. The van der Waals surface area contributed by atoms with E-state index in [1.165, 1.54) is 5.56 Å². The molecular weight excluding hydrogens is 320 g/mol. The molecule has 1 fully saturated rings.